The molecule has 0 atom stereocenters. The molecule has 1 aromatic rings. The van der Waals surface area contributed by atoms with Gasteiger partial charge in [-0.15, -0.1) is 0 Å². The van der Waals surface area contributed by atoms with Gasteiger partial charge in [-0.3, -0.25) is 4.79 Å². The third-order valence-electron chi connectivity index (χ3n) is 2.49. The SMILES string of the molecule is O=C(Cc1cc[nH]c1)N1CCNCC1. The Balaban J connectivity index is 1.88. The fourth-order valence-corrected chi connectivity index (χ4v) is 1.67. The van der Waals surface area contributed by atoms with Gasteiger partial charge in [0.05, 0.1) is 6.42 Å². The number of amides is 1. The van der Waals surface area contributed by atoms with Crippen molar-refractivity contribution in [2.45, 2.75) is 6.42 Å². The highest BCUT2D eigenvalue weighted by atomic mass is 16.2. The fourth-order valence-electron chi connectivity index (χ4n) is 1.67. The molecule has 1 aromatic heterocycles. The zero-order valence-electron chi connectivity index (χ0n) is 8.12. The predicted molar refractivity (Wildman–Crippen MR) is 53.9 cm³/mol. The maximum Gasteiger partial charge on any atom is 0.227 e. The molecule has 1 fully saturated rings. The summed E-state index contributed by atoms with van der Waals surface area (Å²) in [5, 5.41) is 3.23. The number of nitrogens with one attached hydrogen (secondary N) is 2. The van der Waals surface area contributed by atoms with Crippen LogP contribution in [0.2, 0.25) is 0 Å². The van der Waals surface area contributed by atoms with Gasteiger partial charge >= 0.3 is 0 Å². The minimum absolute atomic E-state index is 0.228. The van der Waals surface area contributed by atoms with E-state index in [-0.39, 0.29) is 5.91 Å². The lowest BCUT2D eigenvalue weighted by molar-refractivity contribution is -0.131. The van der Waals surface area contributed by atoms with Crippen molar-refractivity contribution >= 4 is 5.91 Å². The van der Waals surface area contributed by atoms with E-state index in [4.69, 9.17) is 0 Å². The molecule has 0 saturated carbocycles. The second kappa shape index (κ2) is 4.28. The normalized spacial score (nSPS) is 17.0. The Morgan fingerprint density at radius 1 is 1.43 bits per heavy atom. The van der Waals surface area contributed by atoms with Gasteiger partial charge in [0, 0.05) is 38.6 Å². The van der Waals surface area contributed by atoms with Crippen LogP contribution in [0.3, 0.4) is 0 Å². The Hall–Kier alpha value is -1.29. The van der Waals surface area contributed by atoms with Crippen molar-refractivity contribution in [2.24, 2.45) is 0 Å². The molecule has 4 nitrogen and oxygen atoms in total. The molecule has 0 radical (unpaired) electrons. The van der Waals surface area contributed by atoms with Crippen molar-refractivity contribution in [3.8, 4) is 0 Å². The molecule has 0 spiro atoms. The summed E-state index contributed by atoms with van der Waals surface area (Å²) >= 11 is 0. The van der Waals surface area contributed by atoms with Gasteiger partial charge in [0.2, 0.25) is 5.91 Å². The van der Waals surface area contributed by atoms with Crippen molar-refractivity contribution in [2.75, 3.05) is 26.2 Å². The topological polar surface area (TPSA) is 48.1 Å². The summed E-state index contributed by atoms with van der Waals surface area (Å²) in [5.41, 5.74) is 1.06. The van der Waals surface area contributed by atoms with Crippen LogP contribution in [-0.2, 0) is 11.2 Å². The molecule has 2 heterocycles. The van der Waals surface area contributed by atoms with E-state index in [1.54, 1.807) is 0 Å². The predicted octanol–water partition coefficient (Wildman–Crippen LogP) is -0.0110. The number of carbonyl (C=O) groups excluding carboxylic acids is 1. The number of hydrogen-bond donors (Lipinski definition) is 2. The first-order valence-electron chi connectivity index (χ1n) is 4.96. The number of aromatic amines is 1. The van der Waals surface area contributed by atoms with E-state index in [1.165, 1.54) is 0 Å². The third kappa shape index (κ3) is 2.14. The summed E-state index contributed by atoms with van der Waals surface area (Å²) < 4.78 is 0. The minimum Gasteiger partial charge on any atom is -0.367 e. The van der Waals surface area contributed by atoms with Crippen LogP contribution in [-0.4, -0.2) is 42.0 Å². The highest BCUT2D eigenvalue weighted by Gasteiger charge is 2.15. The Morgan fingerprint density at radius 2 is 2.21 bits per heavy atom. The first-order valence-corrected chi connectivity index (χ1v) is 4.96. The third-order valence-corrected chi connectivity index (χ3v) is 2.49. The van der Waals surface area contributed by atoms with Crippen molar-refractivity contribution in [3.63, 3.8) is 0 Å². The lowest BCUT2D eigenvalue weighted by Gasteiger charge is -2.27. The standard InChI is InChI=1S/C10H15N3O/c14-10(7-9-1-2-12-8-9)13-5-3-11-4-6-13/h1-2,8,11-12H,3-7H2. The maximum atomic E-state index is 11.7. The van der Waals surface area contributed by atoms with Gasteiger partial charge in [0.25, 0.3) is 0 Å². The number of nitrogens with zero attached hydrogens (tertiary/aromatic N) is 1. The largest absolute Gasteiger partial charge is 0.367 e. The number of aromatic nitrogens is 1. The molecule has 1 amide bonds. The molecule has 1 saturated heterocycles. The maximum absolute atomic E-state index is 11.7. The second-order valence-electron chi connectivity index (χ2n) is 3.53. The van der Waals surface area contributed by atoms with Gasteiger partial charge < -0.3 is 15.2 Å². The molecule has 76 valence electrons. The first kappa shape index (κ1) is 9.27. The van der Waals surface area contributed by atoms with Crippen LogP contribution >= 0.6 is 0 Å². The first-order chi connectivity index (χ1) is 6.86. The van der Waals surface area contributed by atoms with Gasteiger partial charge in [-0.2, -0.15) is 0 Å². The highest BCUT2D eigenvalue weighted by molar-refractivity contribution is 5.78. The van der Waals surface area contributed by atoms with Crippen LogP contribution in [0.4, 0.5) is 0 Å². The van der Waals surface area contributed by atoms with Crippen LogP contribution < -0.4 is 5.32 Å². The van der Waals surface area contributed by atoms with Crippen LogP contribution in [0.5, 0.6) is 0 Å². The van der Waals surface area contributed by atoms with E-state index in [1.807, 2.05) is 23.4 Å². The zero-order chi connectivity index (χ0) is 9.80. The monoisotopic (exact) mass is 193 g/mol. The van der Waals surface area contributed by atoms with E-state index in [2.05, 4.69) is 10.3 Å². The molecule has 0 aromatic carbocycles. The lowest BCUT2D eigenvalue weighted by Crippen LogP contribution is -2.46. The minimum atomic E-state index is 0.228. The summed E-state index contributed by atoms with van der Waals surface area (Å²) in [7, 11) is 0. The van der Waals surface area contributed by atoms with E-state index in [9.17, 15) is 4.79 Å². The summed E-state index contributed by atoms with van der Waals surface area (Å²) in [4.78, 5) is 16.6. The van der Waals surface area contributed by atoms with E-state index < -0.39 is 0 Å². The fraction of sp³-hybridized carbons (Fsp3) is 0.500. The van der Waals surface area contributed by atoms with Gasteiger partial charge in [-0.1, -0.05) is 0 Å². The molecular formula is C10H15N3O. The Morgan fingerprint density at radius 3 is 2.86 bits per heavy atom. The Bertz CT molecular complexity index is 288. The van der Waals surface area contributed by atoms with Crippen molar-refractivity contribution in [1.29, 1.82) is 0 Å². The van der Waals surface area contributed by atoms with Gasteiger partial charge in [-0.05, 0) is 11.6 Å². The van der Waals surface area contributed by atoms with Crippen LogP contribution in [0.1, 0.15) is 5.56 Å². The molecule has 14 heavy (non-hydrogen) atoms. The average Bonchev–Trinajstić information content (AvgIpc) is 2.72. The van der Waals surface area contributed by atoms with Crippen molar-refractivity contribution < 1.29 is 4.79 Å². The van der Waals surface area contributed by atoms with Crippen molar-refractivity contribution in [1.82, 2.24) is 15.2 Å². The van der Waals surface area contributed by atoms with Gasteiger partial charge in [-0.25, -0.2) is 0 Å². The van der Waals surface area contributed by atoms with Crippen LogP contribution in [0.25, 0.3) is 0 Å². The van der Waals surface area contributed by atoms with E-state index >= 15 is 0 Å². The molecule has 0 aliphatic carbocycles. The second-order valence-corrected chi connectivity index (χ2v) is 3.53. The van der Waals surface area contributed by atoms with Crippen molar-refractivity contribution in [3.05, 3.63) is 24.0 Å². The number of carbonyl (C=O) groups is 1. The van der Waals surface area contributed by atoms with Crippen LogP contribution in [0, 0.1) is 0 Å². The zero-order valence-corrected chi connectivity index (χ0v) is 8.12. The molecule has 0 bridgehead atoms. The number of H-pyrrole nitrogens is 1. The molecule has 2 rings (SSSR count). The summed E-state index contributed by atoms with van der Waals surface area (Å²) in [5.74, 6) is 0.228. The molecule has 1 aliphatic rings. The summed E-state index contributed by atoms with van der Waals surface area (Å²) in [6.07, 6.45) is 4.24. The Labute approximate surface area is 83.3 Å². The van der Waals surface area contributed by atoms with E-state index in [0.29, 0.717) is 6.42 Å². The number of piperazine rings is 1. The van der Waals surface area contributed by atoms with Crippen LogP contribution in [0.15, 0.2) is 18.5 Å². The average molecular weight is 193 g/mol. The lowest BCUT2D eigenvalue weighted by atomic mass is 10.2. The molecule has 1 aliphatic heterocycles. The highest BCUT2D eigenvalue weighted by Crippen LogP contribution is 2.02. The molecular weight excluding hydrogens is 178 g/mol. The number of rotatable bonds is 2. The molecule has 0 unspecified atom stereocenters. The summed E-state index contributed by atoms with van der Waals surface area (Å²) in [6.45, 7) is 3.50. The quantitative estimate of drug-likeness (QED) is 0.694. The smallest absolute Gasteiger partial charge is 0.227 e. The Kier molecular flexibility index (Phi) is 2.84. The molecule has 2 N–H and O–H groups in total. The van der Waals surface area contributed by atoms with Gasteiger partial charge in [0.1, 0.15) is 0 Å². The molecule has 4 heteroatoms. The summed E-state index contributed by atoms with van der Waals surface area (Å²) in [6, 6.07) is 1.94. The van der Waals surface area contributed by atoms with Gasteiger partial charge in [0.15, 0.2) is 0 Å². The number of hydrogen-bond acceptors (Lipinski definition) is 2. The van der Waals surface area contributed by atoms with E-state index in [0.717, 1.165) is 31.7 Å².